The molecule has 1 aliphatic rings. The van der Waals surface area contributed by atoms with Crippen LogP contribution < -0.4 is 5.32 Å². The summed E-state index contributed by atoms with van der Waals surface area (Å²) in [5, 5.41) is 6.05. The van der Waals surface area contributed by atoms with Gasteiger partial charge in [-0.15, -0.1) is 0 Å². The maximum Gasteiger partial charge on any atom is 0.435 e. The Bertz CT molecular complexity index is 539. The van der Waals surface area contributed by atoms with Crippen LogP contribution in [0.15, 0.2) is 6.07 Å². The summed E-state index contributed by atoms with van der Waals surface area (Å²) < 4.78 is 44.0. The van der Waals surface area contributed by atoms with Crippen molar-refractivity contribution in [1.82, 2.24) is 20.0 Å². The predicted octanol–water partition coefficient (Wildman–Crippen LogP) is 1.28. The molecule has 23 heavy (non-hydrogen) atoms. The van der Waals surface area contributed by atoms with Crippen LogP contribution in [0.4, 0.5) is 13.2 Å². The maximum absolute atomic E-state index is 12.6. The summed E-state index contributed by atoms with van der Waals surface area (Å²) in [7, 11) is 1.32. The number of nitrogens with zero attached hydrogens (tertiary/aromatic N) is 3. The van der Waals surface area contributed by atoms with Crippen molar-refractivity contribution in [2.45, 2.75) is 25.6 Å². The van der Waals surface area contributed by atoms with Crippen molar-refractivity contribution < 1.29 is 22.7 Å². The Morgan fingerprint density at radius 1 is 1.43 bits per heavy atom. The minimum Gasteiger partial charge on any atom is -0.379 e. The largest absolute Gasteiger partial charge is 0.435 e. The fourth-order valence-corrected chi connectivity index (χ4v) is 2.39. The molecule has 0 aliphatic carbocycles. The molecule has 1 saturated heterocycles. The molecule has 1 aromatic rings. The molecule has 0 aromatic carbocycles. The molecule has 2 rings (SSSR count). The van der Waals surface area contributed by atoms with E-state index in [1.54, 1.807) is 0 Å². The number of carbonyl (C=O) groups is 1. The zero-order valence-electron chi connectivity index (χ0n) is 13.2. The van der Waals surface area contributed by atoms with Gasteiger partial charge in [0.05, 0.1) is 13.2 Å². The molecule has 0 radical (unpaired) electrons. The average Bonchev–Trinajstić information content (AvgIpc) is 2.88. The van der Waals surface area contributed by atoms with Crippen LogP contribution in [0.1, 0.15) is 29.5 Å². The lowest BCUT2D eigenvalue weighted by atomic mass is 10.2. The number of nitrogens with one attached hydrogen (secondary N) is 1. The van der Waals surface area contributed by atoms with Crippen LogP contribution in [-0.2, 0) is 18.0 Å². The first-order valence-electron chi connectivity index (χ1n) is 7.49. The van der Waals surface area contributed by atoms with E-state index in [1.165, 1.54) is 7.05 Å². The maximum atomic E-state index is 12.6. The number of ether oxygens (including phenoxy) is 1. The number of amides is 1. The SMILES string of the molecule is CC(CCN1CCOCC1)NC(=O)c1cc(C(F)(F)F)nn1C. The topological polar surface area (TPSA) is 59.4 Å². The van der Waals surface area contributed by atoms with E-state index in [4.69, 9.17) is 4.74 Å². The van der Waals surface area contributed by atoms with Gasteiger partial charge in [0.2, 0.25) is 0 Å². The van der Waals surface area contributed by atoms with Gasteiger partial charge in [0.1, 0.15) is 5.69 Å². The summed E-state index contributed by atoms with van der Waals surface area (Å²) in [6, 6.07) is 0.624. The Labute approximate surface area is 132 Å². The highest BCUT2D eigenvalue weighted by Gasteiger charge is 2.35. The molecule has 1 atom stereocenters. The molecule has 1 unspecified atom stereocenters. The molecule has 1 fully saturated rings. The molecule has 9 heteroatoms. The van der Waals surface area contributed by atoms with Crippen LogP contribution in [-0.4, -0.2) is 59.5 Å². The van der Waals surface area contributed by atoms with Crippen LogP contribution in [0.5, 0.6) is 0 Å². The summed E-state index contributed by atoms with van der Waals surface area (Å²) in [5.74, 6) is -0.551. The molecule has 1 amide bonds. The number of carbonyl (C=O) groups excluding carboxylic acids is 1. The Kier molecular flexibility index (Phi) is 5.64. The molecule has 1 N–H and O–H groups in total. The number of aryl methyl sites for hydroxylation is 1. The zero-order chi connectivity index (χ0) is 17.0. The van der Waals surface area contributed by atoms with Gasteiger partial charge in [0.25, 0.3) is 5.91 Å². The van der Waals surface area contributed by atoms with Gasteiger partial charge in [0.15, 0.2) is 5.69 Å². The molecule has 0 bridgehead atoms. The van der Waals surface area contributed by atoms with E-state index in [-0.39, 0.29) is 11.7 Å². The van der Waals surface area contributed by atoms with Gasteiger partial charge in [-0.05, 0) is 13.3 Å². The average molecular weight is 334 g/mol. The van der Waals surface area contributed by atoms with Gasteiger partial charge in [-0.25, -0.2) is 0 Å². The van der Waals surface area contributed by atoms with Gasteiger partial charge in [-0.2, -0.15) is 18.3 Å². The zero-order valence-corrected chi connectivity index (χ0v) is 13.2. The molecule has 0 spiro atoms. The van der Waals surface area contributed by atoms with E-state index in [0.29, 0.717) is 13.2 Å². The second-order valence-corrected chi connectivity index (χ2v) is 5.65. The Morgan fingerprint density at radius 2 is 2.09 bits per heavy atom. The monoisotopic (exact) mass is 334 g/mol. The summed E-state index contributed by atoms with van der Waals surface area (Å²) in [6.07, 6.45) is -3.84. The normalized spacial score (nSPS) is 18.0. The number of rotatable bonds is 5. The Balaban J connectivity index is 1.87. The van der Waals surface area contributed by atoms with Crippen molar-refractivity contribution in [3.63, 3.8) is 0 Å². The standard InChI is InChI=1S/C14H21F3N4O2/c1-10(3-4-21-5-7-23-8-6-21)18-13(22)11-9-12(14(15,16)17)19-20(11)2/h9-10H,3-8H2,1-2H3,(H,18,22). The number of morpholine rings is 1. The number of alkyl halides is 3. The first-order valence-corrected chi connectivity index (χ1v) is 7.49. The predicted molar refractivity (Wildman–Crippen MR) is 77.0 cm³/mol. The minimum atomic E-state index is -4.56. The lowest BCUT2D eigenvalue weighted by Crippen LogP contribution is -2.40. The van der Waals surface area contributed by atoms with Crippen LogP contribution in [0.25, 0.3) is 0 Å². The van der Waals surface area contributed by atoms with E-state index in [2.05, 4.69) is 15.3 Å². The Morgan fingerprint density at radius 3 is 2.65 bits per heavy atom. The third kappa shape index (κ3) is 4.93. The van der Waals surface area contributed by atoms with E-state index in [9.17, 15) is 18.0 Å². The van der Waals surface area contributed by atoms with Crippen LogP contribution in [0, 0.1) is 0 Å². The van der Waals surface area contributed by atoms with Crippen molar-refractivity contribution in [3.05, 3.63) is 17.5 Å². The van der Waals surface area contributed by atoms with Crippen molar-refractivity contribution in [3.8, 4) is 0 Å². The number of halogens is 3. The van der Waals surface area contributed by atoms with Crippen molar-refractivity contribution >= 4 is 5.91 Å². The van der Waals surface area contributed by atoms with Crippen molar-refractivity contribution in [2.75, 3.05) is 32.8 Å². The van der Waals surface area contributed by atoms with E-state index in [1.807, 2.05) is 6.92 Å². The van der Waals surface area contributed by atoms with E-state index < -0.39 is 17.8 Å². The molecule has 1 aromatic heterocycles. The highest BCUT2D eigenvalue weighted by Crippen LogP contribution is 2.28. The second-order valence-electron chi connectivity index (χ2n) is 5.65. The molecule has 2 heterocycles. The van der Waals surface area contributed by atoms with Gasteiger partial charge in [-0.3, -0.25) is 14.4 Å². The fourth-order valence-electron chi connectivity index (χ4n) is 2.39. The van der Waals surface area contributed by atoms with Crippen LogP contribution in [0.3, 0.4) is 0 Å². The first-order chi connectivity index (χ1) is 10.8. The second kappa shape index (κ2) is 7.31. The highest BCUT2D eigenvalue weighted by atomic mass is 19.4. The molecule has 0 saturated carbocycles. The van der Waals surface area contributed by atoms with Crippen molar-refractivity contribution in [2.24, 2.45) is 7.05 Å². The van der Waals surface area contributed by atoms with E-state index in [0.717, 1.165) is 36.8 Å². The van der Waals surface area contributed by atoms with Crippen molar-refractivity contribution in [1.29, 1.82) is 0 Å². The highest BCUT2D eigenvalue weighted by molar-refractivity contribution is 5.92. The Hall–Kier alpha value is -1.61. The van der Waals surface area contributed by atoms with Gasteiger partial charge >= 0.3 is 6.18 Å². The molecule has 130 valence electrons. The smallest absolute Gasteiger partial charge is 0.379 e. The van der Waals surface area contributed by atoms with Crippen LogP contribution >= 0.6 is 0 Å². The number of hydrogen-bond acceptors (Lipinski definition) is 4. The molecular formula is C14H21F3N4O2. The van der Waals surface area contributed by atoms with Gasteiger partial charge in [0, 0.05) is 38.8 Å². The molecule has 6 nitrogen and oxygen atoms in total. The lowest BCUT2D eigenvalue weighted by molar-refractivity contribution is -0.141. The third-order valence-electron chi connectivity index (χ3n) is 3.76. The number of aromatic nitrogens is 2. The van der Waals surface area contributed by atoms with E-state index >= 15 is 0 Å². The summed E-state index contributed by atoms with van der Waals surface area (Å²) >= 11 is 0. The minimum absolute atomic E-state index is 0.101. The lowest BCUT2D eigenvalue weighted by Gasteiger charge is -2.27. The fraction of sp³-hybridized carbons (Fsp3) is 0.714. The summed E-state index contributed by atoms with van der Waals surface area (Å²) in [6.45, 7) is 5.77. The molecule has 1 aliphatic heterocycles. The quantitative estimate of drug-likeness (QED) is 0.881. The van der Waals surface area contributed by atoms with Crippen LogP contribution in [0.2, 0.25) is 0 Å². The number of hydrogen-bond donors (Lipinski definition) is 1. The van der Waals surface area contributed by atoms with Gasteiger partial charge in [-0.1, -0.05) is 0 Å². The third-order valence-corrected chi connectivity index (χ3v) is 3.76. The van der Waals surface area contributed by atoms with Gasteiger partial charge < -0.3 is 10.1 Å². The molecular weight excluding hydrogens is 313 g/mol. The summed E-state index contributed by atoms with van der Waals surface area (Å²) in [5.41, 5.74) is -1.17. The first kappa shape index (κ1) is 17.7. The summed E-state index contributed by atoms with van der Waals surface area (Å²) in [4.78, 5) is 14.3.